The number of fused-ring (bicyclic) bond motifs is 10. The molecule has 1 heteroatoms. The van der Waals surface area contributed by atoms with E-state index in [1.165, 1.54) is 77.9 Å². The third-order valence-corrected chi connectivity index (χ3v) is 12.6. The lowest BCUT2D eigenvalue weighted by Gasteiger charge is -2.34. The Morgan fingerprint density at radius 3 is 1.14 bits per heavy atom. The zero-order valence-corrected chi connectivity index (χ0v) is 34.3. The second-order valence-electron chi connectivity index (χ2n) is 18.2. The van der Waals surface area contributed by atoms with Crippen molar-refractivity contribution in [1.29, 1.82) is 0 Å². The Balaban J connectivity index is 1.22. The molecule has 0 fully saturated rings. The molecule has 8 aromatic rings. The molecule has 0 aromatic heterocycles. The van der Waals surface area contributed by atoms with Gasteiger partial charge in [-0.05, 0) is 125 Å². The SMILES string of the molecule is CC(C)(C)c1ccc2c(c1)C1(c3ccccc3-c3ccc(N(c4ccc(-c5ccccc5)cc4)c4ccc(-c5ccccc5)cc4)cc31)c1cc(C(C)(C)C)ccc1-2. The Morgan fingerprint density at radius 2 is 0.672 bits per heavy atom. The monoisotopic (exact) mass is 747 g/mol. The van der Waals surface area contributed by atoms with Crippen LogP contribution in [0.2, 0.25) is 0 Å². The summed E-state index contributed by atoms with van der Waals surface area (Å²) in [6.45, 7) is 14.0. The van der Waals surface area contributed by atoms with Crippen LogP contribution in [0, 0.1) is 0 Å². The molecule has 0 bridgehead atoms. The van der Waals surface area contributed by atoms with Gasteiger partial charge in [-0.3, -0.25) is 0 Å². The number of nitrogens with zero attached hydrogens (tertiary/aromatic N) is 1. The first-order valence-electron chi connectivity index (χ1n) is 20.7. The van der Waals surface area contributed by atoms with E-state index >= 15 is 0 Å². The molecule has 0 heterocycles. The van der Waals surface area contributed by atoms with Crippen molar-refractivity contribution in [2.75, 3.05) is 4.90 Å². The van der Waals surface area contributed by atoms with Crippen molar-refractivity contribution < 1.29 is 0 Å². The van der Waals surface area contributed by atoms with E-state index in [0.717, 1.165) is 17.1 Å². The molecule has 1 spiro atoms. The van der Waals surface area contributed by atoms with Gasteiger partial charge >= 0.3 is 0 Å². The molecule has 282 valence electrons. The molecule has 0 radical (unpaired) electrons. The molecule has 8 aromatic carbocycles. The minimum Gasteiger partial charge on any atom is -0.310 e. The highest BCUT2D eigenvalue weighted by atomic mass is 15.1. The summed E-state index contributed by atoms with van der Waals surface area (Å²) < 4.78 is 0. The number of rotatable bonds is 5. The first-order valence-corrected chi connectivity index (χ1v) is 20.7. The van der Waals surface area contributed by atoms with Gasteiger partial charge in [0.05, 0.1) is 5.41 Å². The fourth-order valence-electron chi connectivity index (χ4n) is 9.56. The maximum atomic E-state index is 2.53. The predicted octanol–water partition coefficient (Wildman–Crippen LogP) is 15.4. The van der Waals surface area contributed by atoms with E-state index < -0.39 is 5.41 Å². The van der Waals surface area contributed by atoms with Crippen molar-refractivity contribution in [1.82, 2.24) is 0 Å². The lowest BCUT2D eigenvalue weighted by molar-refractivity contribution is 0.586. The molecule has 0 saturated carbocycles. The molecular weight excluding hydrogens is 699 g/mol. The van der Waals surface area contributed by atoms with Crippen LogP contribution in [0.5, 0.6) is 0 Å². The van der Waals surface area contributed by atoms with Gasteiger partial charge in [-0.2, -0.15) is 0 Å². The summed E-state index contributed by atoms with van der Waals surface area (Å²) in [5.41, 5.74) is 21.2. The van der Waals surface area contributed by atoms with Gasteiger partial charge in [-0.25, -0.2) is 0 Å². The normalized spacial score (nSPS) is 13.5. The first kappa shape index (κ1) is 35.9. The quantitative estimate of drug-likeness (QED) is 0.169. The van der Waals surface area contributed by atoms with Crippen molar-refractivity contribution in [2.24, 2.45) is 0 Å². The van der Waals surface area contributed by atoms with Crippen molar-refractivity contribution in [3.05, 3.63) is 221 Å². The molecule has 0 aliphatic heterocycles. The number of anilines is 3. The third-order valence-electron chi connectivity index (χ3n) is 12.6. The van der Waals surface area contributed by atoms with E-state index in [2.05, 4.69) is 234 Å². The number of hydrogen-bond acceptors (Lipinski definition) is 1. The van der Waals surface area contributed by atoms with Gasteiger partial charge in [0, 0.05) is 17.1 Å². The van der Waals surface area contributed by atoms with Crippen LogP contribution in [0.3, 0.4) is 0 Å². The number of benzene rings is 8. The summed E-state index contributed by atoms with van der Waals surface area (Å²) in [7, 11) is 0. The zero-order valence-electron chi connectivity index (χ0n) is 34.3. The molecule has 10 rings (SSSR count). The molecule has 0 unspecified atom stereocenters. The van der Waals surface area contributed by atoms with Crippen molar-refractivity contribution in [2.45, 2.75) is 57.8 Å². The highest BCUT2D eigenvalue weighted by molar-refractivity contribution is 5.96. The van der Waals surface area contributed by atoms with E-state index in [9.17, 15) is 0 Å². The maximum Gasteiger partial charge on any atom is 0.0726 e. The van der Waals surface area contributed by atoms with Crippen LogP contribution in [0.15, 0.2) is 188 Å². The lowest BCUT2D eigenvalue weighted by atomic mass is 9.68. The Morgan fingerprint density at radius 1 is 0.310 bits per heavy atom. The van der Waals surface area contributed by atoms with Crippen LogP contribution >= 0.6 is 0 Å². The molecule has 2 aliphatic rings. The average molecular weight is 748 g/mol. The van der Waals surface area contributed by atoms with Crippen molar-refractivity contribution in [3.8, 4) is 44.5 Å². The van der Waals surface area contributed by atoms with Gasteiger partial charge in [0.15, 0.2) is 0 Å². The Kier molecular flexibility index (Phi) is 8.25. The largest absolute Gasteiger partial charge is 0.310 e. The lowest BCUT2D eigenvalue weighted by Crippen LogP contribution is -2.27. The molecule has 58 heavy (non-hydrogen) atoms. The van der Waals surface area contributed by atoms with E-state index in [-0.39, 0.29) is 10.8 Å². The predicted molar refractivity (Wildman–Crippen MR) is 246 cm³/mol. The first-order chi connectivity index (χ1) is 28.0. The molecule has 0 saturated heterocycles. The highest BCUT2D eigenvalue weighted by Gasteiger charge is 2.52. The zero-order chi connectivity index (χ0) is 39.8. The summed E-state index contributed by atoms with van der Waals surface area (Å²) in [5.74, 6) is 0. The summed E-state index contributed by atoms with van der Waals surface area (Å²) in [4.78, 5) is 2.44. The second-order valence-corrected chi connectivity index (χ2v) is 18.2. The van der Waals surface area contributed by atoms with Crippen LogP contribution in [-0.2, 0) is 16.2 Å². The molecule has 1 nitrogen and oxygen atoms in total. The Bertz CT molecular complexity index is 2670. The molecular formula is C57H49N. The van der Waals surface area contributed by atoms with E-state index in [4.69, 9.17) is 0 Å². The smallest absolute Gasteiger partial charge is 0.0726 e. The number of hydrogen-bond donors (Lipinski definition) is 0. The maximum absolute atomic E-state index is 2.53. The van der Waals surface area contributed by atoms with Crippen molar-refractivity contribution >= 4 is 17.1 Å². The van der Waals surface area contributed by atoms with Gasteiger partial charge in [-0.15, -0.1) is 0 Å². The summed E-state index contributed by atoms with van der Waals surface area (Å²) >= 11 is 0. The van der Waals surface area contributed by atoms with Gasteiger partial charge in [0.2, 0.25) is 0 Å². The molecule has 2 aliphatic carbocycles. The van der Waals surface area contributed by atoms with Crippen LogP contribution < -0.4 is 4.90 Å². The van der Waals surface area contributed by atoms with Crippen LogP contribution in [0.1, 0.15) is 74.9 Å². The summed E-state index contributed by atoms with van der Waals surface area (Å²) in [5, 5.41) is 0. The third kappa shape index (κ3) is 5.67. The van der Waals surface area contributed by atoms with Gasteiger partial charge in [-0.1, -0.05) is 193 Å². The van der Waals surface area contributed by atoms with E-state index in [1.807, 2.05) is 0 Å². The molecule has 0 N–H and O–H groups in total. The van der Waals surface area contributed by atoms with Crippen LogP contribution in [0.25, 0.3) is 44.5 Å². The van der Waals surface area contributed by atoms with Gasteiger partial charge in [0.1, 0.15) is 0 Å². The topological polar surface area (TPSA) is 3.24 Å². The van der Waals surface area contributed by atoms with Gasteiger partial charge in [0.25, 0.3) is 0 Å². The minimum absolute atomic E-state index is 0.00100. The van der Waals surface area contributed by atoms with Crippen LogP contribution in [-0.4, -0.2) is 0 Å². The fourth-order valence-corrected chi connectivity index (χ4v) is 9.56. The van der Waals surface area contributed by atoms with Crippen molar-refractivity contribution in [3.63, 3.8) is 0 Å². The summed E-state index contributed by atoms with van der Waals surface area (Å²) in [6.07, 6.45) is 0. The molecule has 0 amide bonds. The Hall–Kier alpha value is -6.44. The fraction of sp³-hybridized carbons (Fsp3) is 0.158. The van der Waals surface area contributed by atoms with Gasteiger partial charge < -0.3 is 4.90 Å². The van der Waals surface area contributed by atoms with E-state index in [0.29, 0.717) is 0 Å². The van der Waals surface area contributed by atoms with Crippen LogP contribution in [0.4, 0.5) is 17.1 Å². The Labute approximate surface area is 344 Å². The molecule has 0 atom stereocenters. The minimum atomic E-state index is -0.477. The highest BCUT2D eigenvalue weighted by Crippen LogP contribution is 2.64. The second kappa shape index (κ2) is 13.3. The average Bonchev–Trinajstić information content (AvgIpc) is 3.71. The van der Waals surface area contributed by atoms with E-state index in [1.54, 1.807) is 0 Å². The standard InChI is InChI=1S/C57H49N/c1-55(2,3)42-25-32-48-49-33-26-43(56(4,5)6)36-53(49)57(52(48)35-42)51-20-14-13-19-47(51)50-34-31-46(37-54(50)57)58(44-27-21-40(22-28-44)38-15-9-7-10-16-38)45-29-23-41(24-30-45)39-17-11-8-12-18-39/h7-37H,1-6H3. The summed E-state index contributed by atoms with van der Waals surface area (Å²) in [6, 6.07) is 70.4.